The van der Waals surface area contributed by atoms with E-state index in [1.54, 1.807) is 0 Å². The number of amides is 1. The molecule has 1 aliphatic rings. The standard InChI is InChI=1S/C11H19NO4/c1-3-9-5-8(4-7(2)16-9)10(11(14)15)12-6-13/h6-10H,3-5H2,1-2H3,(H,12,13)(H,14,15)/t7-,8-,9-,10?/m1/s1. The molecular formula is C11H19NO4. The minimum absolute atomic E-state index is 0.0450. The van der Waals surface area contributed by atoms with Crippen LogP contribution in [-0.4, -0.2) is 35.7 Å². The van der Waals surface area contributed by atoms with Crippen LogP contribution >= 0.6 is 0 Å². The third kappa shape index (κ3) is 3.20. The van der Waals surface area contributed by atoms with Crippen molar-refractivity contribution < 1.29 is 19.4 Å². The molecule has 5 nitrogen and oxygen atoms in total. The molecule has 4 atom stereocenters. The van der Waals surface area contributed by atoms with Crippen LogP contribution in [0.1, 0.15) is 33.1 Å². The second kappa shape index (κ2) is 5.84. The molecule has 0 aromatic carbocycles. The van der Waals surface area contributed by atoms with Crippen molar-refractivity contribution in [1.82, 2.24) is 5.32 Å². The van der Waals surface area contributed by atoms with Crippen LogP contribution in [0.25, 0.3) is 0 Å². The Labute approximate surface area is 95.2 Å². The molecule has 0 aromatic heterocycles. The van der Waals surface area contributed by atoms with E-state index >= 15 is 0 Å². The van der Waals surface area contributed by atoms with E-state index in [-0.39, 0.29) is 18.1 Å². The van der Waals surface area contributed by atoms with Crippen LogP contribution in [0.2, 0.25) is 0 Å². The van der Waals surface area contributed by atoms with E-state index in [1.165, 1.54) is 0 Å². The monoisotopic (exact) mass is 229 g/mol. The zero-order chi connectivity index (χ0) is 12.1. The van der Waals surface area contributed by atoms with Crippen molar-refractivity contribution in [2.24, 2.45) is 5.92 Å². The van der Waals surface area contributed by atoms with Gasteiger partial charge in [0, 0.05) is 0 Å². The highest BCUT2D eigenvalue weighted by Gasteiger charge is 2.35. The van der Waals surface area contributed by atoms with Gasteiger partial charge in [0.05, 0.1) is 12.2 Å². The number of aliphatic carboxylic acids is 1. The SMILES string of the molecule is CC[C@@H]1C[C@H](C(NC=O)C(=O)O)C[C@@H](C)O1. The van der Waals surface area contributed by atoms with E-state index in [9.17, 15) is 9.59 Å². The van der Waals surface area contributed by atoms with Crippen LogP contribution in [0, 0.1) is 5.92 Å². The number of carbonyl (C=O) groups is 2. The predicted molar refractivity (Wildman–Crippen MR) is 58.0 cm³/mol. The van der Waals surface area contributed by atoms with Crippen LogP contribution in [0.3, 0.4) is 0 Å². The van der Waals surface area contributed by atoms with Gasteiger partial charge in [0.1, 0.15) is 6.04 Å². The fourth-order valence-electron chi connectivity index (χ4n) is 2.32. The van der Waals surface area contributed by atoms with Gasteiger partial charge in [-0.2, -0.15) is 0 Å². The smallest absolute Gasteiger partial charge is 0.326 e. The van der Waals surface area contributed by atoms with Crippen molar-refractivity contribution in [2.75, 3.05) is 0 Å². The molecule has 92 valence electrons. The maximum absolute atomic E-state index is 11.0. The first kappa shape index (κ1) is 13.0. The van der Waals surface area contributed by atoms with Gasteiger partial charge in [0.2, 0.25) is 6.41 Å². The summed E-state index contributed by atoms with van der Waals surface area (Å²) in [4.78, 5) is 21.4. The average molecular weight is 229 g/mol. The number of hydrogen-bond acceptors (Lipinski definition) is 3. The minimum Gasteiger partial charge on any atom is -0.480 e. The first-order valence-electron chi connectivity index (χ1n) is 5.66. The summed E-state index contributed by atoms with van der Waals surface area (Å²) < 4.78 is 5.66. The molecule has 1 saturated heterocycles. The van der Waals surface area contributed by atoms with Crippen molar-refractivity contribution in [3.63, 3.8) is 0 Å². The molecule has 1 amide bonds. The summed E-state index contributed by atoms with van der Waals surface area (Å²) in [6, 6.07) is -0.794. The van der Waals surface area contributed by atoms with Gasteiger partial charge < -0.3 is 15.2 Å². The molecule has 0 aliphatic carbocycles. The molecule has 0 spiro atoms. The van der Waals surface area contributed by atoms with E-state index in [1.807, 2.05) is 13.8 Å². The van der Waals surface area contributed by atoms with E-state index in [0.717, 1.165) is 6.42 Å². The molecule has 1 fully saturated rings. The van der Waals surface area contributed by atoms with Crippen molar-refractivity contribution in [2.45, 2.75) is 51.4 Å². The maximum Gasteiger partial charge on any atom is 0.326 e. The molecule has 1 aliphatic heterocycles. The molecule has 2 N–H and O–H groups in total. The Balaban J connectivity index is 2.67. The van der Waals surface area contributed by atoms with Gasteiger partial charge in [-0.05, 0) is 32.1 Å². The summed E-state index contributed by atoms with van der Waals surface area (Å²) in [6.45, 7) is 3.96. The molecule has 16 heavy (non-hydrogen) atoms. The molecule has 5 heteroatoms. The number of ether oxygens (including phenoxy) is 1. The summed E-state index contributed by atoms with van der Waals surface area (Å²) >= 11 is 0. The lowest BCUT2D eigenvalue weighted by Gasteiger charge is -2.36. The largest absolute Gasteiger partial charge is 0.480 e. The molecule has 1 rings (SSSR count). The topological polar surface area (TPSA) is 75.6 Å². The first-order valence-corrected chi connectivity index (χ1v) is 5.66. The number of carbonyl (C=O) groups excluding carboxylic acids is 1. The third-order valence-electron chi connectivity index (χ3n) is 3.07. The molecule has 0 bridgehead atoms. The van der Waals surface area contributed by atoms with E-state index in [2.05, 4.69) is 5.32 Å². The van der Waals surface area contributed by atoms with Crippen LogP contribution in [0.5, 0.6) is 0 Å². The Bertz CT molecular complexity index is 256. The zero-order valence-electron chi connectivity index (χ0n) is 9.68. The molecule has 0 radical (unpaired) electrons. The Hall–Kier alpha value is -1.10. The summed E-state index contributed by atoms with van der Waals surface area (Å²) in [5.41, 5.74) is 0. The third-order valence-corrected chi connectivity index (χ3v) is 3.07. The van der Waals surface area contributed by atoms with Crippen LogP contribution in [0.15, 0.2) is 0 Å². The Morgan fingerprint density at radius 1 is 1.62 bits per heavy atom. The zero-order valence-corrected chi connectivity index (χ0v) is 9.68. The number of carboxylic acids is 1. The second-order valence-corrected chi connectivity index (χ2v) is 4.31. The molecule has 1 unspecified atom stereocenters. The Kier molecular flexibility index (Phi) is 4.73. The van der Waals surface area contributed by atoms with Gasteiger partial charge in [-0.15, -0.1) is 0 Å². The van der Waals surface area contributed by atoms with Crippen molar-refractivity contribution in [3.8, 4) is 0 Å². The van der Waals surface area contributed by atoms with Crippen molar-refractivity contribution in [3.05, 3.63) is 0 Å². The highest BCUT2D eigenvalue weighted by molar-refractivity contribution is 5.76. The summed E-state index contributed by atoms with van der Waals surface area (Å²) in [6.07, 6.45) is 2.85. The summed E-state index contributed by atoms with van der Waals surface area (Å²) in [7, 11) is 0. The van der Waals surface area contributed by atoms with Gasteiger partial charge >= 0.3 is 5.97 Å². The predicted octanol–water partition coefficient (Wildman–Crippen LogP) is 0.779. The first-order chi connectivity index (χ1) is 7.58. The van der Waals surface area contributed by atoms with E-state index in [0.29, 0.717) is 19.3 Å². The van der Waals surface area contributed by atoms with Crippen molar-refractivity contribution >= 4 is 12.4 Å². The summed E-state index contributed by atoms with van der Waals surface area (Å²) in [5, 5.41) is 11.4. The Morgan fingerprint density at radius 3 is 2.81 bits per heavy atom. The van der Waals surface area contributed by atoms with E-state index < -0.39 is 12.0 Å². The van der Waals surface area contributed by atoms with Gasteiger partial charge in [-0.3, -0.25) is 4.79 Å². The lowest BCUT2D eigenvalue weighted by Crippen LogP contribution is -2.47. The summed E-state index contributed by atoms with van der Waals surface area (Å²) in [5.74, 6) is -1.02. The van der Waals surface area contributed by atoms with Crippen molar-refractivity contribution in [1.29, 1.82) is 0 Å². The average Bonchev–Trinajstić information content (AvgIpc) is 2.24. The second-order valence-electron chi connectivity index (χ2n) is 4.31. The fraction of sp³-hybridized carbons (Fsp3) is 0.818. The van der Waals surface area contributed by atoms with Crippen LogP contribution < -0.4 is 5.32 Å². The van der Waals surface area contributed by atoms with E-state index in [4.69, 9.17) is 9.84 Å². The Morgan fingerprint density at radius 2 is 2.31 bits per heavy atom. The minimum atomic E-state index is -0.971. The number of rotatable bonds is 5. The van der Waals surface area contributed by atoms with Gasteiger partial charge in [0.25, 0.3) is 0 Å². The molecular weight excluding hydrogens is 210 g/mol. The maximum atomic E-state index is 11.0. The quantitative estimate of drug-likeness (QED) is 0.683. The normalized spacial score (nSPS) is 31.8. The number of carboxylic acid groups (broad SMARTS) is 1. The van der Waals surface area contributed by atoms with Crippen LogP contribution in [-0.2, 0) is 14.3 Å². The molecule has 1 heterocycles. The lowest BCUT2D eigenvalue weighted by atomic mass is 9.85. The van der Waals surface area contributed by atoms with Gasteiger partial charge in [-0.1, -0.05) is 6.92 Å². The highest BCUT2D eigenvalue weighted by atomic mass is 16.5. The number of hydrogen-bond donors (Lipinski definition) is 2. The van der Waals surface area contributed by atoms with Gasteiger partial charge in [-0.25, -0.2) is 4.79 Å². The van der Waals surface area contributed by atoms with Crippen LogP contribution in [0.4, 0.5) is 0 Å². The van der Waals surface area contributed by atoms with Gasteiger partial charge in [0.15, 0.2) is 0 Å². The molecule has 0 saturated carbocycles. The lowest BCUT2D eigenvalue weighted by molar-refractivity contribution is -0.145. The highest BCUT2D eigenvalue weighted by Crippen LogP contribution is 2.28. The number of nitrogens with one attached hydrogen (secondary N) is 1. The fourth-order valence-corrected chi connectivity index (χ4v) is 2.32. The molecule has 0 aromatic rings.